The van der Waals surface area contributed by atoms with Crippen LogP contribution in [0.3, 0.4) is 0 Å². The van der Waals surface area contributed by atoms with Crippen molar-refractivity contribution in [2.45, 2.75) is 28.6 Å². The molecule has 0 saturated heterocycles. The van der Waals surface area contributed by atoms with Crippen LogP contribution >= 0.6 is 35.0 Å². The summed E-state index contributed by atoms with van der Waals surface area (Å²) in [7, 11) is -4.36. The summed E-state index contributed by atoms with van der Waals surface area (Å²) in [6, 6.07) is 11.4. The number of aliphatic imine (C=N–C) groups is 1. The molecule has 2 aromatic rings. The van der Waals surface area contributed by atoms with E-state index < -0.39 is 38.7 Å². The molecule has 2 aromatic carbocycles. The SMILES string of the molecule is O=S(=O)(c1ccccc1)[C@@H]1C[C@@](O)(C(F)(F)F)N=C2SC(c3ccc(Cl)cc3Cl)=NN21. The lowest BCUT2D eigenvalue weighted by molar-refractivity contribution is -0.262. The third kappa shape index (κ3) is 3.93. The zero-order chi connectivity index (χ0) is 22.6. The number of rotatable bonds is 3. The van der Waals surface area contributed by atoms with E-state index in [1.165, 1.54) is 42.5 Å². The van der Waals surface area contributed by atoms with Crippen molar-refractivity contribution in [3.05, 3.63) is 64.1 Å². The van der Waals surface area contributed by atoms with Gasteiger partial charge in [-0.05, 0) is 42.1 Å². The van der Waals surface area contributed by atoms with Gasteiger partial charge >= 0.3 is 6.18 Å². The Bertz CT molecular complexity index is 1210. The maximum absolute atomic E-state index is 13.6. The number of sulfone groups is 1. The largest absolute Gasteiger partial charge is 0.438 e. The summed E-state index contributed by atoms with van der Waals surface area (Å²) in [5.74, 6) is 0. The van der Waals surface area contributed by atoms with E-state index >= 15 is 0 Å². The van der Waals surface area contributed by atoms with Gasteiger partial charge in [-0.15, -0.1) is 0 Å². The molecule has 0 fully saturated rings. The average molecular weight is 510 g/mol. The molecular formula is C18H12Cl2F3N3O3S2. The molecule has 2 atom stereocenters. The maximum atomic E-state index is 13.6. The van der Waals surface area contributed by atoms with E-state index in [1.54, 1.807) is 6.07 Å². The van der Waals surface area contributed by atoms with Crippen molar-refractivity contribution in [3.63, 3.8) is 0 Å². The van der Waals surface area contributed by atoms with Crippen LogP contribution in [0.25, 0.3) is 0 Å². The van der Waals surface area contributed by atoms with E-state index in [2.05, 4.69) is 10.1 Å². The highest BCUT2D eigenvalue weighted by molar-refractivity contribution is 8.27. The van der Waals surface area contributed by atoms with Crippen LogP contribution in [-0.4, -0.2) is 46.0 Å². The van der Waals surface area contributed by atoms with E-state index in [4.69, 9.17) is 23.2 Å². The highest BCUT2D eigenvalue weighted by Gasteiger charge is 2.61. The van der Waals surface area contributed by atoms with E-state index in [1.807, 2.05) is 0 Å². The van der Waals surface area contributed by atoms with Crippen LogP contribution in [0.15, 0.2) is 63.5 Å². The minimum absolute atomic E-state index is 0.125. The normalized spacial score (nSPS) is 23.9. The Balaban J connectivity index is 1.85. The third-order valence-corrected chi connectivity index (χ3v) is 8.16. The van der Waals surface area contributed by atoms with Gasteiger partial charge in [0.05, 0.1) is 9.92 Å². The molecular weight excluding hydrogens is 498 g/mol. The fourth-order valence-corrected chi connectivity index (χ4v) is 6.43. The van der Waals surface area contributed by atoms with Crippen LogP contribution in [0.2, 0.25) is 10.0 Å². The molecule has 2 aliphatic rings. The molecule has 0 aromatic heterocycles. The number of benzene rings is 2. The third-order valence-electron chi connectivity index (χ3n) is 4.64. The van der Waals surface area contributed by atoms with E-state index in [0.717, 1.165) is 5.01 Å². The van der Waals surface area contributed by atoms with Crippen molar-refractivity contribution in [2.24, 2.45) is 10.1 Å². The lowest BCUT2D eigenvalue weighted by atomic mass is 10.1. The standard InChI is InChI=1S/C18H12Cl2F3N3O3S2/c19-10-6-7-12(13(20)8-10)15-25-26-14(31(28,29)11-4-2-1-3-5-11)9-17(27,18(21,22)23)24-16(26)30-15/h1-8,14,27H,9H2/t14-,17-/m1/s1. The van der Waals surface area contributed by atoms with Crippen LogP contribution in [0, 0.1) is 0 Å². The van der Waals surface area contributed by atoms with Crippen molar-refractivity contribution >= 4 is 55.0 Å². The summed E-state index contributed by atoms with van der Waals surface area (Å²) >= 11 is 12.7. The van der Waals surface area contributed by atoms with Crippen molar-refractivity contribution in [2.75, 3.05) is 0 Å². The molecule has 0 radical (unpaired) electrons. The van der Waals surface area contributed by atoms with E-state index in [-0.39, 0.29) is 15.0 Å². The molecule has 0 bridgehead atoms. The fourth-order valence-electron chi connectivity index (χ4n) is 3.05. The second kappa shape index (κ2) is 7.66. The minimum Gasteiger partial charge on any atom is -0.362 e. The van der Waals surface area contributed by atoms with Gasteiger partial charge in [-0.3, -0.25) is 0 Å². The first-order valence-corrected chi connectivity index (χ1v) is 11.7. The van der Waals surface area contributed by atoms with Gasteiger partial charge < -0.3 is 5.11 Å². The molecule has 0 saturated carbocycles. The molecule has 1 N–H and O–H groups in total. The number of nitrogens with zero attached hydrogens (tertiary/aromatic N) is 3. The second-order valence-corrected chi connectivity index (χ2v) is 10.6. The van der Waals surface area contributed by atoms with Gasteiger partial charge in [-0.1, -0.05) is 41.4 Å². The molecule has 0 unspecified atom stereocenters. The zero-order valence-corrected chi connectivity index (χ0v) is 18.4. The predicted molar refractivity (Wildman–Crippen MR) is 113 cm³/mol. The molecule has 2 aliphatic heterocycles. The van der Waals surface area contributed by atoms with Crippen LogP contribution in [0.5, 0.6) is 0 Å². The molecule has 0 spiro atoms. The highest BCUT2D eigenvalue weighted by Crippen LogP contribution is 2.45. The number of aliphatic hydroxyl groups is 1. The summed E-state index contributed by atoms with van der Waals surface area (Å²) < 4.78 is 67.3. The van der Waals surface area contributed by atoms with Crippen LogP contribution in [0.1, 0.15) is 12.0 Å². The number of halogens is 5. The Morgan fingerprint density at radius 2 is 1.84 bits per heavy atom. The number of hydrogen-bond acceptors (Lipinski definition) is 7. The Labute approximate surface area is 189 Å². The molecule has 164 valence electrons. The van der Waals surface area contributed by atoms with Gasteiger partial charge in [0.2, 0.25) is 9.84 Å². The highest BCUT2D eigenvalue weighted by atomic mass is 35.5. The summed E-state index contributed by atoms with van der Waals surface area (Å²) in [6.07, 6.45) is -6.44. The summed E-state index contributed by atoms with van der Waals surface area (Å²) in [6.45, 7) is 0. The number of alkyl halides is 3. The number of fused-ring (bicyclic) bond motifs is 1. The maximum Gasteiger partial charge on any atom is 0.438 e. The summed E-state index contributed by atoms with van der Waals surface area (Å²) in [5.41, 5.74) is -3.26. The van der Waals surface area contributed by atoms with Crippen molar-refractivity contribution in [1.29, 1.82) is 0 Å². The van der Waals surface area contributed by atoms with E-state index in [9.17, 15) is 26.7 Å². The van der Waals surface area contributed by atoms with E-state index in [0.29, 0.717) is 22.3 Å². The molecule has 13 heteroatoms. The first-order valence-electron chi connectivity index (χ1n) is 8.61. The van der Waals surface area contributed by atoms with Gasteiger partial charge in [0.25, 0.3) is 5.72 Å². The first kappa shape index (κ1) is 22.4. The Kier molecular flexibility index (Phi) is 5.54. The quantitative estimate of drug-likeness (QED) is 0.657. The fraction of sp³-hybridized carbons (Fsp3) is 0.222. The Hall–Kier alpha value is -1.79. The predicted octanol–water partition coefficient (Wildman–Crippen LogP) is 4.51. The van der Waals surface area contributed by atoms with Gasteiger partial charge in [-0.2, -0.15) is 18.3 Å². The van der Waals surface area contributed by atoms with Crippen LogP contribution < -0.4 is 0 Å². The van der Waals surface area contributed by atoms with Crippen LogP contribution in [-0.2, 0) is 9.84 Å². The molecule has 0 aliphatic carbocycles. The van der Waals surface area contributed by atoms with Crippen LogP contribution in [0.4, 0.5) is 13.2 Å². The topological polar surface area (TPSA) is 82.3 Å². The number of thioether (sulfide) groups is 1. The lowest BCUT2D eigenvalue weighted by Crippen LogP contribution is -2.55. The molecule has 2 heterocycles. The smallest absolute Gasteiger partial charge is 0.362 e. The first-order chi connectivity index (χ1) is 14.4. The average Bonchev–Trinajstić information content (AvgIpc) is 3.10. The summed E-state index contributed by atoms with van der Waals surface area (Å²) in [4.78, 5) is 3.21. The molecule has 6 nitrogen and oxygen atoms in total. The van der Waals surface area contributed by atoms with Gasteiger partial charge in [0.1, 0.15) is 5.04 Å². The monoisotopic (exact) mass is 509 g/mol. The number of hydrazone groups is 1. The van der Waals surface area contributed by atoms with Crippen molar-refractivity contribution in [3.8, 4) is 0 Å². The number of amidine groups is 1. The lowest BCUT2D eigenvalue weighted by Gasteiger charge is -2.37. The Morgan fingerprint density at radius 1 is 1.16 bits per heavy atom. The molecule has 4 rings (SSSR count). The van der Waals surface area contributed by atoms with Crippen molar-refractivity contribution < 1.29 is 26.7 Å². The number of hydrogen-bond donors (Lipinski definition) is 1. The minimum atomic E-state index is -5.20. The summed E-state index contributed by atoms with van der Waals surface area (Å²) in [5, 5.41) is 13.7. The zero-order valence-electron chi connectivity index (χ0n) is 15.2. The second-order valence-electron chi connectivity index (χ2n) is 6.70. The van der Waals surface area contributed by atoms with Gasteiger partial charge in [0, 0.05) is 17.0 Å². The Morgan fingerprint density at radius 3 is 2.45 bits per heavy atom. The van der Waals surface area contributed by atoms with Crippen molar-refractivity contribution in [1.82, 2.24) is 5.01 Å². The van der Waals surface area contributed by atoms with Gasteiger partial charge in [0.15, 0.2) is 10.5 Å². The molecule has 31 heavy (non-hydrogen) atoms. The van der Waals surface area contributed by atoms with Gasteiger partial charge in [-0.25, -0.2) is 18.4 Å². The molecule has 0 amide bonds.